The van der Waals surface area contributed by atoms with E-state index in [4.69, 9.17) is 5.11 Å². The Morgan fingerprint density at radius 2 is 1.96 bits per heavy atom. The number of nitrogens with zero attached hydrogens (tertiary/aromatic N) is 1. The first-order valence-electron chi connectivity index (χ1n) is 7.92. The molecule has 25 heavy (non-hydrogen) atoms. The molecule has 1 aliphatic rings. The summed E-state index contributed by atoms with van der Waals surface area (Å²) in [6.07, 6.45) is 0.0447. The molecule has 2 N–H and O–H groups in total. The van der Waals surface area contributed by atoms with Crippen molar-refractivity contribution in [1.29, 1.82) is 0 Å². The molecule has 1 unspecified atom stereocenters. The number of carboxylic acid groups (broad SMARTS) is 1. The number of benzene rings is 2. The third-order valence-corrected chi connectivity index (χ3v) is 6.32. The van der Waals surface area contributed by atoms with Gasteiger partial charge in [0.15, 0.2) is 0 Å². The number of hydrogen-bond donors (Lipinski definition) is 2. The van der Waals surface area contributed by atoms with Crippen LogP contribution >= 0.6 is 0 Å². The summed E-state index contributed by atoms with van der Waals surface area (Å²) in [6.45, 7) is 1.92. The van der Waals surface area contributed by atoms with E-state index in [9.17, 15) is 18.3 Å². The molecule has 1 aliphatic heterocycles. The monoisotopic (exact) mass is 361 g/mol. The van der Waals surface area contributed by atoms with Crippen molar-refractivity contribution >= 4 is 16.0 Å². The summed E-state index contributed by atoms with van der Waals surface area (Å²) in [6, 6.07) is 11.2. The second-order valence-electron chi connectivity index (χ2n) is 6.17. The van der Waals surface area contributed by atoms with Crippen LogP contribution in [0, 0.1) is 6.92 Å². The van der Waals surface area contributed by atoms with E-state index in [-0.39, 0.29) is 30.0 Å². The zero-order valence-corrected chi connectivity index (χ0v) is 14.5. The number of fused-ring (bicyclic) bond motifs is 1. The summed E-state index contributed by atoms with van der Waals surface area (Å²) < 4.78 is 27.5. The summed E-state index contributed by atoms with van der Waals surface area (Å²) in [7, 11) is -3.96. The van der Waals surface area contributed by atoms with E-state index in [0.29, 0.717) is 0 Å². The number of rotatable bonds is 5. The molecule has 0 radical (unpaired) electrons. The van der Waals surface area contributed by atoms with E-state index < -0.39 is 22.0 Å². The Hall–Kier alpha value is -2.38. The number of sulfonamides is 1. The Morgan fingerprint density at radius 3 is 2.64 bits per heavy atom. The lowest BCUT2D eigenvalue weighted by atomic mass is 10.0. The van der Waals surface area contributed by atoms with Crippen LogP contribution in [0.2, 0.25) is 0 Å². The van der Waals surface area contributed by atoms with Gasteiger partial charge in [-0.05, 0) is 42.2 Å². The predicted octanol–water partition coefficient (Wildman–Crippen LogP) is 2.81. The highest BCUT2D eigenvalue weighted by atomic mass is 32.2. The van der Waals surface area contributed by atoms with E-state index >= 15 is 0 Å². The minimum atomic E-state index is -3.96. The van der Waals surface area contributed by atoms with Crippen molar-refractivity contribution in [2.75, 3.05) is 0 Å². The van der Waals surface area contributed by atoms with Gasteiger partial charge in [0.05, 0.1) is 6.04 Å². The van der Waals surface area contributed by atoms with Gasteiger partial charge < -0.3 is 10.2 Å². The standard InChI is InChI=1S/C18H19NO5S/c1-12-6-8-17(16(20)10-12)25(23,24)19-11-13-4-2-3-5-14(13)15(19)7-9-18(21)22/h2-6,8,10,15,20H,7,9,11H2,1H3,(H,21,22). The Balaban J connectivity index is 2.03. The van der Waals surface area contributed by atoms with Crippen LogP contribution in [-0.2, 0) is 21.4 Å². The van der Waals surface area contributed by atoms with Crippen molar-refractivity contribution in [2.45, 2.75) is 37.2 Å². The normalized spacial score (nSPS) is 17.4. The maximum Gasteiger partial charge on any atom is 0.303 e. The van der Waals surface area contributed by atoms with Gasteiger partial charge >= 0.3 is 5.97 Å². The zero-order chi connectivity index (χ0) is 18.2. The minimum absolute atomic E-state index is 0.134. The average Bonchev–Trinajstić information content (AvgIpc) is 2.92. The Morgan fingerprint density at radius 1 is 1.24 bits per heavy atom. The van der Waals surface area contributed by atoms with E-state index in [1.165, 1.54) is 16.4 Å². The number of phenols is 1. The first kappa shape index (κ1) is 17.4. The molecule has 0 saturated carbocycles. The third kappa shape index (κ3) is 3.25. The van der Waals surface area contributed by atoms with Gasteiger partial charge in [-0.2, -0.15) is 4.31 Å². The van der Waals surface area contributed by atoms with Gasteiger partial charge in [-0.25, -0.2) is 8.42 Å². The van der Waals surface area contributed by atoms with Crippen molar-refractivity contribution in [3.63, 3.8) is 0 Å². The maximum atomic E-state index is 13.1. The molecule has 0 saturated heterocycles. The lowest BCUT2D eigenvalue weighted by Crippen LogP contribution is -2.30. The smallest absolute Gasteiger partial charge is 0.303 e. The number of hydrogen-bond acceptors (Lipinski definition) is 4. The van der Waals surface area contributed by atoms with Crippen LogP contribution in [0.15, 0.2) is 47.4 Å². The molecule has 0 aliphatic carbocycles. The van der Waals surface area contributed by atoms with Crippen LogP contribution in [0.3, 0.4) is 0 Å². The van der Waals surface area contributed by atoms with Crippen LogP contribution in [-0.4, -0.2) is 28.9 Å². The number of aromatic hydroxyl groups is 1. The fourth-order valence-electron chi connectivity index (χ4n) is 3.22. The van der Waals surface area contributed by atoms with E-state index in [2.05, 4.69) is 0 Å². The molecule has 1 heterocycles. The number of carbonyl (C=O) groups is 1. The number of phenolic OH excluding ortho intramolecular Hbond substituents is 1. The number of carboxylic acids is 1. The molecule has 0 aromatic heterocycles. The number of aryl methyl sites for hydroxylation is 1. The van der Waals surface area contributed by atoms with Gasteiger partial charge in [0.25, 0.3) is 0 Å². The van der Waals surface area contributed by atoms with Crippen LogP contribution in [0.5, 0.6) is 5.75 Å². The molecule has 6 nitrogen and oxygen atoms in total. The average molecular weight is 361 g/mol. The SMILES string of the molecule is Cc1ccc(S(=O)(=O)N2Cc3ccccc3C2CCC(=O)O)c(O)c1. The molecule has 2 aromatic rings. The van der Waals surface area contributed by atoms with Gasteiger partial charge in [-0.1, -0.05) is 30.3 Å². The predicted molar refractivity (Wildman–Crippen MR) is 91.6 cm³/mol. The fraction of sp³-hybridized carbons (Fsp3) is 0.278. The van der Waals surface area contributed by atoms with Crippen LogP contribution in [0.4, 0.5) is 0 Å². The van der Waals surface area contributed by atoms with Gasteiger partial charge in [0.2, 0.25) is 10.0 Å². The molecule has 2 aromatic carbocycles. The van der Waals surface area contributed by atoms with E-state index in [1.54, 1.807) is 13.0 Å². The molecule has 0 bridgehead atoms. The highest BCUT2D eigenvalue weighted by Gasteiger charge is 2.39. The lowest BCUT2D eigenvalue weighted by Gasteiger charge is -2.24. The van der Waals surface area contributed by atoms with Crippen LogP contribution < -0.4 is 0 Å². The van der Waals surface area contributed by atoms with Gasteiger partial charge in [-0.15, -0.1) is 0 Å². The first-order valence-corrected chi connectivity index (χ1v) is 9.36. The molecule has 7 heteroatoms. The van der Waals surface area contributed by atoms with Crippen molar-refractivity contribution < 1.29 is 23.4 Å². The summed E-state index contributed by atoms with van der Waals surface area (Å²) in [5.74, 6) is -1.27. The van der Waals surface area contributed by atoms with Gasteiger partial charge in [0.1, 0.15) is 10.6 Å². The molecule has 1 atom stereocenters. The van der Waals surface area contributed by atoms with Crippen molar-refractivity contribution in [1.82, 2.24) is 4.31 Å². The van der Waals surface area contributed by atoms with Crippen molar-refractivity contribution in [2.24, 2.45) is 0 Å². The van der Waals surface area contributed by atoms with E-state index in [1.807, 2.05) is 24.3 Å². The zero-order valence-electron chi connectivity index (χ0n) is 13.7. The minimum Gasteiger partial charge on any atom is -0.507 e. The quantitative estimate of drug-likeness (QED) is 0.854. The fourth-order valence-corrected chi connectivity index (χ4v) is 4.90. The Labute approximate surface area is 146 Å². The van der Waals surface area contributed by atoms with Gasteiger partial charge in [-0.3, -0.25) is 4.79 Å². The summed E-state index contributed by atoms with van der Waals surface area (Å²) >= 11 is 0. The summed E-state index contributed by atoms with van der Waals surface area (Å²) in [4.78, 5) is 10.8. The third-order valence-electron chi connectivity index (χ3n) is 4.42. The molecule has 0 fully saturated rings. The highest BCUT2D eigenvalue weighted by molar-refractivity contribution is 7.89. The molecule has 0 amide bonds. The number of aliphatic carboxylic acids is 1. The first-order chi connectivity index (χ1) is 11.8. The molecule has 132 valence electrons. The maximum absolute atomic E-state index is 13.1. The Bertz CT molecular complexity index is 923. The van der Waals surface area contributed by atoms with E-state index in [0.717, 1.165) is 16.7 Å². The molecular weight excluding hydrogens is 342 g/mol. The van der Waals surface area contributed by atoms with Crippen LogP contribution in [0.1, 0.15) is 35.6 Å². The lowest BCUT2D eigenvalue weighted by molar-refractivity contribution is -0.137. The molecule has 0 spiro atoms. The molecule has 3 rings (SSSR count). The summed E-state index contributed by atoms with van der Waals surface area (Å²) in [5, 5.41) is 19.1. The second-order valence-corrected chi connectivity index (χ2v) is 8.03. The van der Waals surface area contributed by atoms with Crippen molar-refractivity contribution in [3.05, 3.63) is 59.2 Å². The summed E-state index contributed by atoms with van der Waals surface area (Å²) in [5.41, 5.74) is 2.43. The Kier molecular flexibility index (Phi) is 4.53. The second kappa shape index (κ2) is 6.50. The topological polar surface area (TPSA) is 94.9 Å². The van der Waals surface area contributed by atoms with Crippen LogP contribution in [0.25, 0.3) is 0 Å². The van der Waals surface area contributed by atoms with Gasteiger partial charge in [0, 0.05) is 13.0 Å². The largest absolute Gasteiger partial charge is 0.507 e. The molecular formula is C18H19NO5S. The highest BCUT2D eigenvalue weighted by Crippen LogP contribution is 2.41. The van der Waals surface area contributed by atoms with Crippen molar-refractivity contribution in [3.8, 4) is 5.75 Å².